The van der Waals surface area contributed by atoms with Gasteiger partial charge < -0.3 is 5.11 Å². The average molecular weight is 357 g/mol. The number of phenolic OH excluding ortho intramolecular Hbond substituents is 1. The Morgan fingerprint density at radius 2 is 1.33 bits per heavy atom. The van der Waals surface area contributed by atoms with E-state index in [0.717, 1.165) is 24.8 Å². The first-order valence-corrected chi connectivity index (χ1v) is 10.7. The van der Waals surface area contributed by atoms with Gasteiger partial charge in [0.05, 0.1) is 0 Å². The summed E-state index contributed by atoms with van der Waals surface area (Å²) >= 11 is 0. The molecule has 5 heteroatoms. The molecule has 0 fully saturated rings. The summed E-state index contributed by atoms with van der Waals surface area (Å²) in [6.07, 6.45) is 14.9. The highest BCUT2D eigenvalue weighted by atomic mass is 32.2. The fraction of sp³-hybridized carbons (Fsp3) is 0.684. The molecular weight excluding hydrogens is 324 g/mol. The van der Waals surface area contributed by atoms with Crippen LogP contribution < -0.4 is 0 Å². The Morgan fingerprint density at radius 1 is 0.833 bits per heavy atom. The van der Waals surface area contributed by atoms with E-state index in [4.69, 9.17) is 4.55 Å². The van der Waals surface area contributed by atoms with E-state index in [0.29, 0.717) is 0 Å². The number of phenols is 1. The molecule has 0 unspecified atom stereocenters. The molecule has 24 heavy (non-hydrogen) atoms. The summed E-state index contributed by atoms with van der Waals surface area (Å²) in [7, 11) is -4.35. The zero-order chi connectivity index (χ0) is 17.8. The number of benzene rings is 1. The van der Waals surface area contributed by atoms with Crippen molar-refractivity contribution >= 4 is 10.1 Å². The van der Waals surface area contributed by atoms with Crippen LogP contribution in [-0.4, -0.2) is 18.1 Å². The quantitative estimate of drug-likeness (QED) is 0.362. The number of hydrogen-bond acceptors (Lipinski definition) is 3. The molecule has 0 aromatic heterocycles. The van der Waals surface area contributed by atoms with Gasteiger partial charge in [-0.1, -0.05) is 77.2 Å². The summed E-state index contributed by atoms with van der Waals surface area (Å²) in [5.41, 5.74) is 0.899. The van der Waals surface area contributed by atoms with Crippen LogP contribution in [0.25, 0.3) is 0 Å². The molecule has 0 radical (unpaired) electrons. The Labute approximate surface area is 147 Å². The second kappa shape index (κ2) is 11.5. The summed E-state index contributed by atoms with van der Waals surface area (Å²) in [4.78, 5) is -0.426. The molecule has 0 atom stereocenters. The van der Waals surface area contributed by atoms with E-state index in [1.54, 1.807) is 6.07 Å². The van der Waals surface area contributed by atoms with Crippen molar-refractivity contribution in [2.24, 2.45) is 0 Å². The maximum atomic E-state index is 11.0. The van der Waals surface area contributed by atoms with Crippen molar-refractivity contribution in [1.82, 2.24) is 0 Å². The van der Waals surface area contributed by atoms with Gasteiger partial charge in [0.2, 0.25) is 0 Å². The zero-order valence-electron chi connectivity index (χ0n) is 14.8. The first-order chi connectivity index (χ1) is 11.4. The first kappa shape index (κ1) is 21.0. The third-order valence-corrected chi connectivity index (χ3v) is 5.27. The Kier molecular flexibility index (Phi) is 10.0. The predicted molar refractivity (Wildman–Crippen MR) is 98.1 cm³/mol. The van der Waals surface area contributed by atoms with E-state index < -0.39 is 15.0 Å². The zero-order valence-corrected chi connectivity index (χ0v) is 15.7. The molecule has 0 aliphatic carbocycles. The predicted octanol–water partition coefficient (Wildman–Crippen LogP) is 5.49. The van der Waals surface area contributed by atoms with Gasteiger partial charge in [-0.05, 0) is 30.5 Å². The highest BCUT2D eigenvalue weighted by Gasteiger charge is 2.15. The van der Waals surface area contributed by atoms with Crippen molar-refractivity contribution in [1.29, 1.82) is 0 Å². The van der Waals surface area contributed by atoms with E-state index in [-0.39, 0.29) is 5.75 Å². The molecule has 0 bridgehead atoms. The number of unbranched alkanes of at least 4 members (excludes halogenated alkanes) is 10. The highest BCUT2D eigenvalue weighted by Crippen LogP contribution is 2.24. The van der Waals surface area contributed by atoms with E-state index in [1.807, 2.05) is 0 Å². The van der Waals surface area contributed by atoms with Crippen molar-refractivity contribution < 1.29 is 18.1 Å². The van der Waals surface area contributed by atoms with Gasteiger partial charge in [-0.3, -0.25) is 4.55 Å². The topological polar surface area (TPSA) is 74.6 Å². The second-order valence-corrected chi connectivity index (χ2v) is 7.95. The number of aromatic hydroxyl groups is 1. The minimum atomic E-state index is -4.35. The van der Waals surface area contributed by atoms with E-state index in [2.05, 4.69) is 6.92 Å². The molecule has 4 nitrogen and oxygen atoms in total. The lowest BCUT2D eigenvalue weighted by Crippen LogP contribution is -1.99. The standard InChI is InChI=1S/C19H32O4S/c1-2-3-4-5-6-7-8-9-10-11-12-13-17-14-15-19(18(20)16-17)24(21,22)23/h14-16,20H,2-13H2,1H3,(H,21,22,23). The molecule has 138 valence electrons. The molecule has 0 aliphatic rings. The number of rotatable bonds is 13. The summed E-state index contributed by atoms with van der Waals surface area (Å²) < 4.78 is 31.0. The summed E-state index contributed by atoms with van der Waals surface area (Å²) in [6, 6.07) is 4.34. The summed E-state index contributed by atoms with van der Waals surface area (Å²) in [6.45, 7) is 2.24. The Balaban J connectivity index is 2.10. The van der Waals surface area contributed by atoms with Gasteiger partial charge >= 0.3 is 0 Å². The fourth-order valence-corrected chi connectivity index (χ4v) is 3.49. The third kappa shape index (κ3) is 8.69. The summed E-state index contributed by atoms with van der Waals surface area (Å²) in [5, 5.41) is 9.66. The molecule has 1 aromatic rings. The normalized spacial score (nSPS) is 11.8. The maximum Gasteiger partial charge on any atom is 0.298 e. The van der Waals surface area contributed by atoms with Gasteiger partial charge in [0.15, 0.2) is 0 Å². The lowest BCUT2D eigenvalue weighted by Gasteiger charge is -2.06. The third-order valence-electron chi connectivity index (χ3n) is 4.37. The van der Waals surface area contributed by atoms with Crippen LogP contribution in [0.2, 0.25) is 0 Å². The van der Waals surface area contributed by atoms with Gasteiger partial charge in [-0.2, -0.15) is 8.42 Å². The Bertz CT molecular complexity index is 567. The van der Waals surface area contributed by atoms with Crippen LogP contribution in [0.15, 0.2) is 23.1 Å². The molecular formula is C19H32O4S. The number of hydrogen-bond donors (Lipinski definition) is 2. The van der Waals surface area contributed by atoms with Crippen LogP contribution in [-0.2, 0) is 16.5 Å². The molecule has 0 spiro atoms. The van der Waals surface area contributed by atoms with Crippen LogP contribution in [0.4, 0.5) is 0 Å². The van der Waals surface area contributed by atoms with Crippen LogP contribution in [0.5, 0.6) is 5.75 Å². The Morgan fingerprint density at radius 3 is 1.79 bits per heavy atom. The van der Waals surface area contributed by atoms with Crippen molar-refractivity contribution in [2.45, 2.75) is 88.9 Å². The van der Waals surface area contributed by atoms with Crippen LogP contribution in [0, 0.1) is 0 Å². The SMILES string of the molecule is CCCCCCCCCCCCCc1ccc(S(=O)(=O)O)c(O)c1. The van der Waals surface area contributed by atoms with Crippen molar-refractivity contribution in [3.8, 4) is 5.75 Å². The van der Waals surface area contributed by atoms with Gasteiger partial charge in [-0.15, -0.1) is 0 Å². The fourth-order valence-electron chi connectivity index (χ4n) is 2.93. The average Bonchev–Trinajstić information content (AvgIpc) is 2.51. The van der Waals surface area contributed by atoms with Crippen molar-refractivity contribution in [2.75, 3.05) is 0 Å². The Hall–Kier alpha value is -1.07. The smallest absolute Gasteiger partial charge is 0.298 e. The second-order valence-electron chi connectivity index (χ2n) is 6.56. The van der Waals surface area contributed by atoms with Crippen molar-refractivity contribution in [3.63, 3.8) is 0 Å². The molecule has 2 N–H and O–H groups in total. The molecule has 0 amide bonds. The molecule has 0 aliphatic heterocycles. The van der Waals surface area contributed by atoms with Gasteiger partial charge in [0, 0.05) is 0 Å². The molecule has 0 saturated heterocycles. The highest BCUT2D eigenvalue weighted by molar-refractivity contribution is 7.86. The van der Waals surface area contributed by atoms with E-state index >= 15 is 0 Å². The minimum Gasteiger partial charge on any atom is -0.506 e. The van der Waals surface area contributed by atoms with Gasteiger partial charge in [0.25, 0.3) is 10.1 Å². The van der Waals surface area contributed by atoms with E-state index in [1.165, 1.54) is 69.9 Å². The van der Waals surface area contributed by atoms with Crippen LogP contribution >= 0.6 is 0 Å². The van der Waals surface area contributed by atoms with Crippen LogP contribution in [0.3, 0.4) is 0 Å². The number of aryl methyl sites for hydroxylation is 1. The molecule has 0 heterocycles. The first-order valence-electron chi connectivity index (χ1n) is 9.24. The largest absolute Gasteiger partial charge is 0.506 e. The minimum absolute atomic E-state index is 0.377. The molecule has 1 aromatic carbocycles. The van der Waals surface area contributed by atoms with E-state index in [9.17, 15) is 13.5 Å². The lowest BCUT2D eigenvalue weighted by atomic mass is 10.0. The monoisotopic (exact) mass is 356 g/mol. The maximum absolute atomic E-state index is 11.0. The summed E-state index contributed by atoms with van der Waals surface area (Å²) in [5.74, 6) is -0.377. The molecule has 0 saturated carbocycles. The molecule has 1 rings (SSSR count). The lowest BCUT2D eigenvalue weighted by molar-refractivity contribution is 0.442. The van der Waals surface area contributed by atoms with Crippen LogP contribution in [0.1, 0.15) is 83.1 Å². The van der Waals surface area contributed by atoms with Gasteiger partial charge in [-0.25, -0.2) is 0 Å². The van der Waals surface area contributed by atoms with Crippen molar-refractivity contribution in [3.05, 3.63) is 23.8 Å². The van der Waals surface area contributed by atoms with Gasteiger partial charge in [0.1, 0.15) is 10.6 Å².